The van der Waals surface area contributed by atoms with E-state index < -0.39 is 0 Å². The molecule has 0 saturated heterocycles. The van der Waals surface area contributed by atoms with Gasteiger partial charge in [-0.2, -0.15) is 0 Å². The Morgan fingerprint density at radius 1 is 1.36 bits per heavy atom. The summed E-state index contributed by atoms with van der Waals surface area (Å²) in [6.45, 7) is 2.66. The van der Waals surface area contributed by atoms with E-state index in [1.54, 1.807) is 0 Å². The Bertz CT molecular complexity index is 195. The fourth-order valence-corrected chi connectivity index (χ4v) is 2.11. The average molecular weight is 197 g/mol. The summed E-state index contributed by atoms with van der Waals surface area (Å²) in [6.07, 6.45) is 5.62. The molecule has 0 spiro atoms. The first-order valence-electron chi connectivity index (χ1n) is 5.49. The van der Waals surface area contributed by atoms with Gasteiger partial charge in [0.05, 0.1) is 0 Å². The second kappa shape index (κ2) is 5.78. The molecule has 14 heavy (non-hydrogen) atoms. The number of aldehydes is 1. The molecule has 1 fully saturated rings. The largest absolute Gasteiger partial charge is 0.356 e. The zero-order valence-corrected chi connectivity index (χ0v) is 8.79. The smallest absolute Gasteiger partial charge is 0.223 e. The van der Waals surface area contributed by atoms with Gasteiger partial charge in [-0.15, -0.1) is 0 Å². The fraction of sp³-hybridized carbons (Fsp3) is 0.818. The van der Waals surface area contributed by atoms with Crippen LogP contribution >= 0.6 is 0 Å². The molecule has 0 aromatic carbocycles. The van der Waals surface area contributed by atoms with Crippen molar-refractivity contribution in [1.82, 2.24) is 5.32 Å². The van der Waals surface area contributed by atoms with Crippen molar-refractivity contribution < 1.29 is 9.59 Å². The zero-order chi connectivity index (χ0) is 10.4. The third-order valence-electron chi connectivity index (χ3n) is 3.00. The standard InChI is InChI=1S/C11H19NO2/c1-2-12-11(14)10-5-3-9(4-6-10)7-8-13/h8-10H,2-7H2,1H3,(H,12,14). The third kappa shape index (κ3) is 3.13. The van der Waals surface area contributed by atoms with Crippen LogP contribution in [0, 0.1) is 11.8 Å². The number of hydrogen-bond donors (Lipinski definition) is 1. The number of rotatable bonds is 4. The Hall–Kier alpha value is -0.860. The van der Waals surface area contributed by atoms with Crippen LogP contribution < -0.4 is 5.32 Å². The molecule has 0 aromatic heterocycles. The molecule has 3 heteroatoms. The highest BCUT2D eigenvalue weighted by Gasteiger charge is 2.25. The molecule has 1 saturated carbocycles. The molecule has 3 nitrogen and oxygen atoms in total. The average Bonchev–Trinajstić information content (AvgIpc) is 2.20. The van der Waals surface area contributed by atoms with E-state index in [4.69, 9.17) is 0 Å². The van der Waals surface area contributed by atoms with Crippen molar-refractivity contribution in [3.8, 4) is 0 Å². The predicted octanol–water partition coefficient (Wildman–Crippen LogP) is 1.52. The number of nitrogens with one attached hydrogen (secondary N) is 1. The third-order valence-corrected chi connectivity index (χ3v) is 3.00. The Kier molecular flexibility index (Phi) is 4.63. The van der Waals surface area contributed by atoms with Gasteiger partial charge in [-0.1, -0.05) is 0 Å². The van der Waals surface area contributed by atoms with Crippen LogP contribution in [-0.2, 0) is 9.59 Å². The van der Waals surface area contributed by atoms with Crippen LogP contribution in [0.4, 0.5) is 0 Å². The summed E-state index contributed by atoms with van der Waals surface area (Å²) in [6, 6.07) is 0. The molecule has 0 aliphatic heterocycles. The van der Waals surface area contributed by atoms with Crippen molar-refractivity contribution in [3.63, 3.8) is 0 Å². The Labute approximate surface area is 85.3 Å². The summed E-state index contributed by atoms with van der Waals surface area (Å²) < 4.78 is 0. The van der Waals surface area contributed by atoms with Gasteiger partial charge in [-0.3, -0.25) is 4.79 Å². The van der Waals surface area contributed by atoms with Gasteiger partial charge in [-0.25, -0.2) is 0 Å². The van der Waals surface area contributed by atoms with Gasteiger partial charge in [0.1, 0.15) is 6.29 Å². The van der Waals surface area contributed by atoms with Crippen LogP contribution in [-0.4, -0.2) is 18.7 Å². The van der Waals surface area contributed by atoms with E-state index in [0.29, 0.717) is 18.9 Å². The lowest BCUT2D eigenvalue weighted by Gasteiger charge is -2.26. The molecule has 1 rings (SSSR count). The summed E-state index contributed by atoms with van der Waals surface area (Å²) >= 11 is 0. The quantitative estimate of drug-likeness (QED) is 0.694. The molecular weight excluding hydrogens is 178 g/mol. The maximum absolute atomic E-state index is 11.5. The topological polar surface area (TPSA) is 46.2 Å². The van der Waals surface area contributed by atoms with Crippen LogP contribution in [0.3, 0.4) is 0 Å². The lowest BCUT2D eigenvalue weighted by molar-refractivity contribution is -0.126. The molecule has 1 aliphatic rings. The second-order valence-corrected chi connectivity index (χ2v) is 4.01. The highest BCUT2D eigenvalue weighted by atomic mass is 16.1. The molecule has 0 atom stereocenters. The first-order valence-corrected chi connectivity index (χ1v) is 5.49. The Morgan fingerprint density at radius 3 is 2.50 bits per heavy atom. The van der Waals surface area contributed by atoms with Gasteiger partial charge in [-0.05, 0) is 38.5 Å². The Balaban J connectivity index is 2.27. The molecule has 80 valence electrons. The van der Waals surface area contributed by atoms with Crippen LogP contribution in [0.5, 0.6) is 0 Å². The van der Waals surface area contributed by atoms with Crippen molar-refractivity contribution in [2.24, 2.45) is 11.8 Å². The van der Waals surface area contributed by atoms with Crippen LogP contribution in [0.1, 0.15) is 39.0 Å². The summed E-state index contributed by atoms with van der Waals surface area (Å²) in [5, 5.41) is 2.85. The highest BCUT2D eigenvalue weighted by molar-refractivity contribution is 5.78. The van der Waals surface area contributed by atoms with E-state index in [1.807, 2.05) is 6.92 Å². The maximum atomic E-state index is 11.5. The molecule has 1 aliphatic carbocycles. The minimum Gasteiger partial charge on any atom is -0.356 e. The lowest BCUT2D eigenvalue weighted by Crippen LogP contribution is -2.33. The fourth-order valence-electron chi connectivity index (χ4n) is 2.11. The van der Waals surface area contributed by atoms with Gasteiger partial charge in [0, 0.05) is 18.9 Å². The maximum Gasteiger partial charge on any atom is 0.223 e. The van der Waals surface area contributed by atoms with E-state index >= 15 is 0 Å². The van der Waals surface area contributed by atoms with Gasteiger partial charge in [0.15, 0.2) is 0 Å². The molecule has 0 heterocycles. The minimum atomic E-state index is 0.192. The number of amides is 1. The number of hydrogen-bond acceptors (Lipinski definition) is 2. The predicted molar refractivity (Wildman–Crippen MR) is 54.8 cm³/mol. The summed E-state index contributed by atoms with van der Waals surface area (Å²) in [4.78, 5) is 21.8. The SMILES string of the molecule is CCNC(=O)C1CCC(CC=O)CC1. The molecule has 0 bridgehead atoms. The summed E-state index contributed by atoms with van der Waals surface area (Å²) in [7, 11) is 0. The highest BCUT2D eigenvalue weighted by Crippen LogP contribution is 2.30. The number of carbonyl (C=O) groups excluding carboxylic acids is 2. The van der Waals surface area contributed by atoms with E-state index in [0.717, 1.165) is 32.0 Å². The van der Waals surface area contributed by atoms with E-state index in [9.17, 15) is 9.59 Å². The van der Waals surface area contributed by atoms with Crippen LogP contribution in [0.15, 0.2) is 0 Å². The van der Waals surface area contributed by atoms with Crippen molar-refractivity contribution in [2.45, 2.75) is 39.0 Å². The number of carbonyl (C=O) groups is 2. The van der Waals surface area contributed by atoms with Gasteiger partial charge < -0.3 is 10.1 Å². The van der Waals surface area contributed by atoms with Crippen LogP contribution in [0.2, 0.25) is 0 Å². The first-order chi connectivity index (χ1) is 6.77. The molecule has 0 unspecified atom stereocenters. The van der Waals surface area contributed by atoms with Crippen molar-refractivity contribution in [3.05, 3.63) is 0 Å². The molecule has 0 radical (unpaired) electrons. The van der Waals surface area contributed by atoms with Crippen molar-refractivity contribution in [2.75, 3.05) is 6.54 Å². The molecular formula is C11H19NO2. The van der Waals surface area contributed by atoms with Gasteiger partial charge in [0.25, 0.3) is 0 Å². The van der Waals surface area contributed by atoms with Gasteiger partial charge in [0.2, 0.25) is 5.91 Å². The van der Waals surface area contributed by atoms with Crippen molar-refractivity contribution in [1.29, 1.82) is 0 Å². The molecule has 1 N–H and O–H groups in total. The molecule has 1 amide bonds. The normalized spacial score (nSPS) is 26.9. The Morgan fingerprint density at radius 2 is 2.00 bits per heavy atom. The van der Waals surface area contributed by atoms with Gasteiger partial charge >= 0.3 is 0 Å². The first kappa shape index (κ1) is 11.2. The van der Waals surface area contributed by atoms with Crippen LogP contribution in [0.25, 0.3) is 0 Å². The molecule has 0 aromatic rings. The summed E-state index contributed by atoms with van der Waals surface area (Å²) in [5.74, 6) is 0.910. The lowest BCUT2D eigenvalue weighted by atomic mass is 9.80. The minimum absolute atomic E-state index is 0.192. The summed E-state index contributed by atoms with van der Waals surface area (Å²) in [5.41, 5.74) is 0. The zero-order valence-electron chi connectivity index (χ0n) is 8.79. The van der Waals surface area contributed by atoms with E-state index in [1.165, 1.54) is 0 Å². The van der Waals surface area contributed by atoms with Crippen molar-refractivity contribution >= 4 is 12.2 Å². The monoisotopic (exact) mass is 197 g/mol. The van der Waals surface area contributed by atoms with E-state index in [2.05, 4.69) is 5.32 Å². The second-order valence-electron chi connectivity index (χ2n) is 4.01. The van der Waals surface area contributed by atoms with E-state index in [-0.39, 0.29) is 11.8 Å².